The summed E-state index contributed by atoms with van der Waals surface area (Å²) in [6.07, 6.45) is 4.39. The predicted molar refractivity (Wildman–Crippen MR) is 114 cm³/mol. The second-order valence-electron chi connectivity index (χ2n) is 6.73. The number of aromatic nitrogens is 3. The Morgan fingerprint density at radius 2 is 1.75 bits per heavy atom. The monoisotopic (exact) mass is 436 g/mol. The van der Waals surface area contributed by atoms with Crippen molar-refractivity contribution in [2.24, 2.45) is 0 Å². The number of fused-ring (bicyclic) bond motifs is 1. The largest absolute Gasteiger partial charge is 0.396 e. The lowest BCUT2D eigenvalue weighted by atomic mass is 10.1. The van der Waals surface area contributed by atoms with Crippen molar-refractivity contribution in [2.45, 2.75) is 19.5 Å². The van der Waals surface area contributed by atoms with Crippen LogP contribution in [0, 0.1) is 5.41 Å². The minimum atomic E-state index is 0.0978. The molecule has 0 atom stereocenters. The second-order valence-corrected chi connectivity index (χ2v) is 7.64. The summed E-state index contributed by atoms with van der Waals surface area (Å²) in [5, 5.41) is 18.7. The average Bonchev–Trinajstić information content (AvgIpc) is 3.09. The Morgan fingerprint density at radius 3 is 2.46 bits per heavy atom. The quantitative estimate of drug-likeness (QED) is 0.476. The lowest BCUT2D eigenvalue weighted by molar-refractivity contribution is 0.278. The van der Waals surface area contributed by atoms with E-state index in [0.717, 1.165) is 26.6 Å². The van der Waals surface area contributed by atoms with E-state index >= 15 is 0 Å². The molecule has 0 spiro atoms. The van der Waals surface area contributed by atoms with Crippen molar-refractivity contribution in [3.05, 3.63) is 82.6 Å². The van der Waals surface area contributed by atoms with Gasteiger partial charge in [0.05, 0.1) is 11.7 Å². The summed E-state index contributed by atoms with van der Waals surface area (Å²) in [6.45, 7) is 1.36. The number of benzene rings is 2. The van der Waals surface area contributed by atoms with E-state index in [1.165, 1.54) is 5.56 Å². The third kappa shape index (κ3) is 3.66. The number of aryl methyl sites for hydroxylation is 1. The molecular weight excluding hydrogens is 416 g/mol. The van der Waals surface area contributed by atoms with Crippen LogP contribution in [0.25, 0.3) is 22.2 Å². The molecule has 0 aliphatic heterocycles. The molecule has 6 heteroatoms. The normalized spacial score (nSPS) is 11.2. The van der Waals surface area contributed by atoms with Gasteiger partial charge in [0.2, 0.25) is 0 Å². The minimum absolute atomic E-state index is 0.0978. The van der Waals surface area contributed by atoms with Crippen LogP contribution in [0.1, 0.15) is 12.0 Å². The Balaban J connectivity index is 1.87. The molecule has 0 unspecified atom stereocenters. The zero-order chi connectivity index (χ0) is 19.5. The highest BCUT2D eigenvalue weighted by Gasteiger charge is 2.15. The van der Waals surface area contributed by atoms with Gasteiger partial charge in [-0.25, -0.2) is 4.98 Å². The summed E-state index contributed by atoms with van der Waals surface area (Å²) >= 11 is 3.48. The maximum Gasteiger partial charge on any atom is 0.146 e. The highest BCUT2D eigenvalue weighted by Crippen LogP contribution is 2.28. The number of hydrogen-bond donors (Lipinski definition) is 2. The second kappa shape index (κ2) is 8.12. The van der Waals surface area contributed by atoms with E-state index in [4.69, 9.17) is 10.5 Å². The fraction of sp³-hybridized carbons (Fsp3) is 0.182. The van der Waals surface area contributed by atoms with Gasteiger partial charge in [0.15, 0.2) is 0 Å². The average molecular weight is 437 g/mol. The van der Waals surface area contributed by atoms with Crippen molar-refractivity contribution in [1.82, 2.24) is 14.1 Å². The number of hydrogen-bond acceptors (Lipinski definition) is 3. The molecule has 0 radical (unpaired) electrons. The highest BCUT2D eigenvalue weighted by atomic mass is 79.9. The van der Waals surface area contributed by atoms with Crippen LogP contribution in [-0.4, -0.2) is 25.8 Å². The third-order valence-corrected chi connectivity index (χ3v) is 5.33. The zero-order valence-corrected chi connectivity index (χ0v) is 16.9. The van der Waals surface area contributed by atoms with E-state index in [0.29, 0.717) is 25.0 Å². The molecule has 4 rings (SSSR count). The van der Waals surface area contributed by atoms with Gasteiger partial charge < -0.3 is 14.2 Å². The first kappa shape index (κ1) is 18.7. The molecule has 4 aromatic rings. The standard InChI is InChI=1S/C22H21BrN4O/c23-18-9-7-16(8-10-18)13-27-14-19(17-5-2-1-3-6-17)20-21(24)26(11-4-12-28)15-25-22(20)27/h1-3,5-10,14-15,24,28H,4,11-13H2. The summed E-state index contributed by atoms with van der Waals surface area (Å²) in [7, 11) is 0. The fourth-order valence-electron chi connectivity index (χ4n) is 3.40. The molecule has 0 saturated heterocycles. The Bertz CT molecular complexity index is 1150. The van der Waals surface area contributed by atoms with E-state index in [9.17, 15) is 0 Å². The number of aliphatic hydroxyl groups is 1. The number of halogens is 1. The van der Waals surface area contributed by atoms with Gasteiger partial charge in [0.1, 0.15) is 11.1 Å². The van der Waals surface area contributed by atoms with Crippen molar-refractivity contribution in [2.75, 3.05) is 6.61 Å². The minimum Gasteiger partial charge on any atom is -0.396 e. The molecule has 2 aromatic carbocycles. The van der Waals surface area contributed by atoms with Crippen LogP contribution in [-0.2, 0) is 13.1 Å². The Hall–Kier alpha value is -2.70. The SMILES string of the molecule is N=c1c2c(-c3ccccc3)cn(Cc3ccc(Br)cc3)c2ncn1CCCO. The van der Waals surface area contributed by atoms with Gasteiger partial charge >= 0.3 is 0 Å². The summed E-state index contributed by atoms with van der Waals surface area (Å²) in [4.78, 5) is 4.67. The Kier molecular flexibility index (Phi) is 5.41. The smallest absolute Gasteiger partial charge is 0.146 e. The molecule has 142 valence electrons. The molecule has 0 aliphatic rings. The maximum absolute atomic E-state index is 9.15. The van der Waals surface area contributed by atoms with Crippen molar-refractivity contribution in [3.8, 4) is 11.1 Å². The van der Waals surface area contributed by atoms with Gasteiger partial charge in [-0.2, -0.15) is 0 Å². The van der Waals surface area contributed by atoms with E-state index in [1.807, 2.05) is 30.3 Å². The molecule has 28 heavy (non-hydrogen) atoms. The van der Waals surface area contributed by atoms with Crippen LogP contribution < -0.4 is 5.49 Å². The first-order chi connectivity index (χ1) is 13.7. The van der Waals surface area contributed by atoms with Crippen molar-refractivity contribution >= 4 is 27.0 Å². The van der Waals surface area contributed by atoms with E-state index < -0.39 is 0 Å². The van der Waals surface area contributed by atoms with Crippen LogP contribution in [0.5, 0.6) is 0 Å². The van der Waals surface area contributed by atoms with Gasteiger partial charge in [-0.1, -0.05) is 58.4 Å². The molecule has 2 N–H and O–H groups in total. The van der Waals surface area contributed by atoms with Crippen molar-refractivity contribution < 1.29 is 5.11 Å². The fourth-order valence-corrected chi connectivity index (χ4v) is 3.66. The Morgan fingerprint density at radius 1 is 1.00 bits per heavy atom. The molecule has 5 nitrogen and oxygen atoms in total. The topological polar surface area (TPSA) is 66.8 Å². The van der Waals surface area contributed by atoms with Crippen LogP contribution in [0.15, 0.2) is 71.6 Å². The van der Waals surface area contributed by atoms with E-state index in [-0.39, 0.29) is 6.61 Å². The maximum atomic E-state index is 9.15. The molecule has 0 amide bonds. The predicted octanol–water partition coefficient (Wildman–Crippen LogP) is 4.18. The first-order valence-electron chi connectivity index (χ1n) is 9.21. The van der Waals surface area contributed by atoms with E-state index in [2.05, 4.69) is 55.9 Å². The summed E-state index contributed by atoms with van der Waals surface area (Å²) in [5.41, 5.74) is 4.46. The van der Waals surface area contributed by atoms with Gasteiger partial charge in [-0.3, -0.25) is 5.41 Å². The lowest BCUT2D eigenvalue weighted by Crippen LogP contribution is -2.21. The van der Waals surface area contributed by atoms with Gasteiger partial charge in [-0.05, 0) is 29.7 Å². The van der Waals surface area contributed by atoms with Gasteiger partial charge in [0.25, 0.3) is 0 Å². The zero-order valence-electron chi connectivity index (χ0n) is 15.3. The number of nitrogens with one attached hydrogen (secondary N) is 1. The van der Waals surface area contributed by atoms with E-state index in [1.54, 1.807) is 10.9 Å². The first-order valence-corrected chi connectivity index (χ1v) is 10.0. The third-order valence-electron chi connectivity index (χ3n) is 4.80. The van der Waals surface area contributed by atoms with Gasteiger partial charge in [0, 0.05) is 35.9 Å². The molecular formula is C22H21BrN4O. The van der Waals surface area contributed by atoms with Crippen LogP contribution in [0.4, 0.5) is 0 Å². The molecule has 0 saturated carbocycles. The van der Waals surface area contributed by atoms with Crippen molar-refractivity contribution in [3.63, 3.8) is 0 Å². The van der Waals surface area contributed by atoms with Crippen molar-refractivity contribution in [1.29, 1.82) is 5.41 Å². The Labute approximate surface area is 171 Å². The molecule has 2 aromatic heterocycles. The summed E-state index contributed by atoms with van der Waals surface area (Å²) < 4.78 is 4.96. The summed E-state index contributed by atoms with van der Waals surface area (Å²) in [5.74, 6) is 0. The van der Waals surface area contributed by atoms with Gasteiger partial charge in [-0.15, -0.1) is 0 Å². The van der Waals surface area contributed by atoms with Crippen LogP contribution in [0.3, 0.4) is 0 Å². The molecule has 0 fully saturated rings. The number of aliphatic hydroxyl groups excluding tert-OH is 1. The molecule has 0 aliphatic carbocycles. The molecule has 2 heterocycles. The number of rotatable bonds is 6. The molecule has 0 bridgehead atoms. The van der Waals surface area contributed by atoms with Crippen LogP contribution in [0.2, 0.25) is 0 Å². The summed E-state index contributed by atoms with van der Waals surface area (Å²) in [6, 6.07) is 18.4. The highest BCUT2D eigenvalue weighted by molar-refractivity contribution is 9.10. The lowest BCUT2D eigenvalue weighted by Gasteiger charge is -2.08. The number of nitrogens with zero attached hydrogens (tertiary/aromatic N) is 3. The van der Waals surface area contributed by atoms with Crippen LogP contribution >= 0.6 is 15.9 Å².